The third kappa shape index (κ3) is 3.92. The summed E-state index contributed by atoms with van der Waals surface area (Å²) in [5.74, 6) is -0.167. The number of carbonyl (C=O) groups is 1. The van der Waals surface area contributed by atoms with E-state index in [-0.39, 0.29) is 31.0 Å². The fourth-order valence-corrected chi connectivity index (χ4v) is 2.73. The molecule has 2 aromatic carbocycles. The van der Waals surface area contributed by atoms with Crippen molar-refractivity contribution in [1.82, 2.24) is 14.7 Å². The second kappa shape index (κ2) is 7.72. The molecule has 0 aliphatic heterocycles. The molecule has 0 spiro atoms. The molecule has 0 unspecified atom stereocenters. The Morgan fingerprint density at radius 3 is 2.56 bits per heavy atom. The maximum absolute atomic E-state index is 12.7. The Bertz CT molecular complexity index is 922. The first kappa shape index (κ1) is 16.9. The first-order valence-corrected chi connectivity index (χ1v) is 8.06. The van der Waals surface area contributed by atoms with Crippen LogP contribution in [0.5, 0.6) is 0 Å². The van der Waals surface area contributed by atoms with Crippen LogP contribution in [0, 0.1) is 0 Å². The number of rotatable bonds is 6. The van der Waals surface area contributed by atoms with Crippen molar-refractivity contribution in [2.75, 3.05) is 13.2 Å². The van der Waals surface area contributed by atoms with Gasteiger partial charge in [0.25, 0.3) is 0 Å². The molecule has 0 atom stereocenters. The largest absolute Gasteiger partial charge is 0.395 e. The molecular formula is C19H19N3O3. The molecule has 0 bridgehead atoms. The number of aliphatic hydroxyl groups is 1. The zero-order chi connectivity index (χ0) is 17.6. The zero-order valence-corrected chi connectivity index (χ0v) is 13.7. The van der Waals surface area contributed by atoms with Gasteiger partial charge in [-0.3, -0.25) is 14.3 Å². The normalized spacial score (nSPS) is 10.8. The maximum atomic E-state index is 12.7. The Hall–Kier alpha value is -2.99. The number of benzene rings is 2. The number of hydrogen-bond acceptors (Lipinski definition) is 4. The Labute approximate surface area is 144 Å². The Morgan fingerprint density at radius 1 is 1.08 bits per heavy atom. The van der Waals surface area contributed by atoms with Crippen molar-refractivity contribution in [1.29, 1.82) is 0 Å². The molecule has 128 valence electrons. The minimum atomic E-state index is -0.171. The van der Waals surface area contributed by atoms with Gasteiger partial charge in [0, 0.05) is 18.5 Å². The third-order valence-electron chi connectivity index (χ3n) is 3.99. The lowest BCUT2D eigenvalue weighted by molar-refractivity contribution is -0.133. The standard InChI is InChI=1S/C19H19N3O3/c23-11-10-21(13-15-6-2-1-3-7-15)19(25)14-22-17-9-5-4-8-16(17)18(24)12-20-22/h1-9,12,23H,10-11,13-14H2. The van der Waals surface area contributed by atoms with Gasteiger partial charge in [-0.15, -0.1) is 0 Å². The van der Waals surface area contributed by atoms with Crippen LogP contribution in [0.4, 0.5) is 0 Å². The number of amides is 1. The van der Waals surface area contributed by atoms with E-state index in [0.717, 1.165) is 5.56 Å². The molecule has 0 aliphatic rings. The number of hydrogen-bond donors (Lipinski definition) is 1. The van der Waals surface area contributed by atoms with E-state index in [4.69, 9.17) is 0 Å². The van der Waals surface area contributed by atoms with Gasteiger partial charge in [0.1, 0.15) is 6.54 Å². The van der Waals surface area contributed by atoms with E-state index in [2.05, 4.69) is 5.10 Å². The number of fused-ring (bicyclic) bond motifs is 1. The molecule has 1 aromatic heterocycles. The minimum absolute atomic E-state index is 0.00757. The van der Waals surface area contributed by atoms with Crippen LogP contribution in [0.2, 0.25) is 0 Å². The molecular weight excluding hydrogens is 318 g/mol. The van der Waals surface area contributed by atoms with Crippen molar-refractivity contribution >= 4 is 16.8 Å². The monoisotopic (exact) mass is 337 g/mol. The summed E-state index contributed by atoms with van der Waals surface area (Å²) in [6, 6.07) is 16.7. The molecule has 25 heavy (non-hydrogen) atoms. The second-order valence-electron chi connectivity index (χ2n) is 5.71. The minimum Gasteiger partial charge on any atom is -0.395 e. The smallest absolute Gasteiger partial charge is 0.244 e. The van der Waals surface area contributed by atoms with Crippen molar-refractivity contribution in [3.8, 4) is 0 Å². The molecule has 6 heteroatoms. The molecule has 1 N–H and O–H groups in total. The van der Waals surface area contributed by atoms with Crippen molar-refractivity contribution in [2.45, 2.75) is 13.1 Å². The van der Waals surface area contributed by atoms with Gasteiger partial charge in [-0.2, -0.15) is 5.10 Å². The van der Waals surface area contributed by atoms with Gasteiger partial charge in [0.2, 0.25) is 11.3 Å². The van der Waals surface area contributed by atoms with Crippen LogP contribution in [-0.4, -0.2) is 38.8 Å². The Kier molecular flexibility index (Phi) is 5.20. The summed E-state index contributed by atoms with van der Waals surface area (Å²) in [5, 5.41) is 13.9. The number of carbonyl (C=O) groups excluding carboxylic acids is 1. The van der Waals surface area contributed by atoms with E-state index in [1.807, 2.05) is 30.3 Å². The van der Waals surface area contributed by atoms with Gasteiger partial charge in [-0.25, -0.2) is 0 Å². The van der Waals surface area contributed by atoms with E-state index >= 15 is 0 Å². The van der Waals surface area contributed by atoms with Crippen LogP contribution in [0.3, 0.4) is 0 Å². The van der Waals surface area contributed by atoms with Crippen LogP contribution in [-0.2, 0) is 17.9 Å². The molecule has 0 radical (unpaired) electrons. The van der Waals surface area contributed by atoms with Crippen LogP contribution < -0.4 is 5.43 Å². The van der Waals surface area contributed by atoms with Crippen molar-refractivity contribution in [2.24, 2.45) is 0 Å². The maximum Gasteiger partial charge on any atom is 0.244 e. The zero-order valence-electron chi connectivity index (χ0n) is 13.7. The first-order valence-electron chi connectivity index (χ1n) is 8.06. The SMILES string of the molecule is O=C(Cn1ncc(=O)c2ccccc21)N(CCO)Cc1ccccc1. The second-order valence-corrected chi connectivity index (χ2v) is 5.71. The summed E-state index contributed by atoms with van der Waals surface area (Å²) < 4.78 is 1.52. The average molecular weight is 337 g/mol. The Morgan fingerprint density at radius 2 is 1.80 bits per heavy atom. The average Bonchev–Trinajstić information content (AvgIpc) is 2.65. The fraction of sp³-hybridized carbons (Fsp3) is 0.211. The molecule has 6 nitrogen and oxygen atoms in total. The fourth-order valence-electron chi connectivity index (χ4n) is 2.73. The summed E-state index contributed by atoms with van der Waals surface area (Å²) >= 11 is 0. The highest BCUT2D eigenvalue weighted by Crippen LogP contribution is 2.10. The highest BCUT2D eigenvalue weighted by atomic mass is 16.3. The number of para-hydroxylation sites is 1. The quantitative estimate of drug-likeness (QED) is 0.738. The molecule has 3 aromatic rings. The van der Waals surface area contributed by atoms with E-state index in [0.29, 0.717) is 17.4 Å². The van der Waals surface area contributed by atoms with Crippen LogP contribution in [0.1, 0.15) is 5.56 Å². The highest BCUT2D eigenvalue weighted by Gasteiger charge is 2.15. The number of aromatic nitrogens is 2. The van der Waals surface area contributed by atoms with E-state index < -0.39 is 0 Å². The van der Waals surface area contributed by atoms with Gasteiger partial charge < -0.3 is 10.0 Å². The van der Waals surface area contributed by atoms with Crippen LogP contribution >= 0.6 is 0 Å². The van der Waals surface area contributed by atoms with Crippen molar-refractivity contribution in [3.05, 3.63) is 76.6 Å². The predicted molar refractivity (Wildman–Crippen MR) is 94.9 cm³/mol. The predicted octanol–water partition coefficient (Wildman–Crippen LogP) is 1.42. The third-order valence-corrected chi connectivity index (χ3v) is 3.99. The van der Waals surface area contributed by atoms with Gasteiger partial charge in [0.05, 0.1) is 18.3 Å². The lowest BCUT2D eigenvalue weighted by Gasteiger charge is -2.22. The van der Waals surface area contributed by atoms with Gasteiger partial charge >= 0.3 is 0 Å². The van der Waals surface area contributed by atoms with Gasteiger partial charge in [-0.1, -0.05) is 42.5 Å². The topological polar surface area (TPSA) is 75.4 Å². The first-order chi connectivity index (χ1) is 12.2. The summed E-state index contributed by atoms with van der Waals surface area (Å²) in [7, 11) is 0. The molecule has 0 saturated carbocycles. The summed E-state index contributed by atoms with van der Waals surface area (Å²) in [5.41, 5.74) is 1.44. The molecule has 1 amide bonds. The van der Waals surface area contributed by atoms with Crippen LogP contribution in [0.25, 0.3) is 10.9 Å². The van der Waals surface area contributed by atoms with E-state index in [1.165, 1.54) is 10.9 Å². The lowest BCUT2D eigenvalue weighted by Crippen LogP contribution is -2.36. The summed E-state index contributed by atoms with van der Waals surface area (Å²) in [6.07, 6.45) is 1.23. The molecule has 1 heterocycles. The van der Waals surface area contributed by atoms with E-state index in [1.54, 1.807) is 29.2 Å². The molecule has 0 fully saturated rings. The highest BCUT2D eigenvalue weighted by molar-refractivity contribution is 5.81. The molecule has 0 saturated heterocycles. The van der Waals surface area contributed by atoms with Crippen molar-refractivity contribution < 1.29 is 9.90 Å². The summed E-state index contributed by atoms with van der Waals surface area (Å²) in [4.78, 5) is 26.2. The lowest BCUT2D eigenvalue weighted by atomic mass is 10.2. The van der Waals surface area contributed by atoms with Gasteiger partial charge in [0.15, 0.2) is 0 Å². The molecule has 3 rings (SSSR count). The molecule has 0 aliphatic carbocycles. The summed E-state index contributed by atoms with van der Waals surface area (Å²) in [6.45, 7) is 0.550. The van der Waals surface area contributed by atoms with Gasteiger partial charge in [-0.05, 0) is 17.7 Å². The van der Waals surface area contributed by atoms with Crippen molar-refractivity contribution in [3.63, 3.8) is 0 Å². The number of aliphatic hydroxyl groups excluding tert-OH is 1. The van der Waals surface area contributed by atoms with E-state index in [9.17, 15) is 14.7 Å². The number of nitrogens with zero attached hydrogens (tertiary/aromatic N) is 3. The Balaban J connectivity index is 1.84. The van der Waals surface area contributed by atoms with Crippen LogP contribution in [0.15, 0.2) is 65.6 Å².